The van der Waals surface area contributed by atoms with Crippen molar-refractivity contribution in [2.24, 2.45) is 0 Å². The maximum absolute atomic E-state index is 12.5. The van der Waals surface area contributed by atoms with Crippen LogP contribution in [-0.2, 0) is 11.3 Å². The van der Waals surface area contributed by atoms with Crippen molar-refractivity contribution in [3.05, 3.63) is 88.9 Å². The van der Waals surface area contributed by atoms with Gasteiger partial charge in [-0.25, -0.2) is 4.79 Å². The molecule has 2 aromatic carbocycles. The molecule has 2 N–H and O–H groups in total. The van der Waals surface area contributed by atoms with E-state index in [4.69, 9.17) is 4.42 Å². The molecule has 7 nitrogen and oxygen atoms in total. The molecule has 0 radical (unpaired) electrons. The third-order valence-corrected chi connectivity index (χ3v) is 4.32. The largest absolute Gasteiger partial charge is 0.465 e. The van der Waals surface area contributed by atoms with Gasteiger partial charge in [0.2, 0.25) is 0 Å². The van der Waals surface area contributed by atoms with E-state index < -0.39 is 5.97 Å². The van der Waals surface area contributed by atoms with E-state index in [0.29, 0.717) is 23.4 Å². The summed E-state index contributed by atoms with van der Waals surface area (Å²) in [5.74, 6) is -0.893. The highest BCUT2D eigenvalue weighted by molar-refractivity contribution is 6.03. The van der Waals surface area contributed by atoms with E-state index in [1.165, 1.54) is 13.4 Å². The number of nitrogens with one attached hydrogen (secondary N) is 2. The summed E-state index contributed by atoms with van der Waals surface area (Å²) in [7, 11) is 1.32. The van der Waals surface area contributed by atoms with E-state index in [1.807, 2.05) is 6.92 Å². The molecule has 148 valence electrons. The van der Waals surface area contributed by atoms with E-state index >= 15 is 0 Å². The van der Waals surface area contributed by atoms with Crippen LogP contribution >= 0.6 is 0 Å². The summed E-state index contributed by atoms with van der Waals surface area (Å²) in [6, 6.07) is 15.0. The summed E-state index contributed by atoms with van der Waals surface area (Å²) in [6.45, 7) is 2.13. The molecule has 0 aliphatic carbocycles. The van der Waals surface area contributed by atoms with Crippen LogP contribution in [-0.4, -0.2) is 24.9 Å². The summed E-state index contributed by atoms with van der Waals surface area (Å²) in [4.78, 5) is 36.1. The molecular weight excluding hydrogens is 372 g/mol. The Kier molecular flexibility index (Phi) is 6.09. The van der Waals surface area contributed by atoms with Gasteiger partial charge in [0, 0.05) is 17.8 Å². The number of esters is 1. The van der Waals surface area contributed by atoms with Gasteiger partial charge in [0.05, 0.1) is 18.9 Å². The maximum atomic E-state index is 12.5. The molecule has 0 atom stereocenters. The molecule has 7 heteroatoms. The number of aryl methyl sites for hydroxylation is 1. The number of benzene rings is 2. The second kappa shape index (κ2) is 8.88. The van der Waals surface area contributed by atoms with E-state index in [-0.39, 0.29) is 17.6 Å². The number of hydrogen-bond donors (Lipinski definition) is 2. The van der Waals surface area contributed by atoms with Gasteiger partial charge in [0.1, 0.15) is 0 Å². The van der Waals surface area contributed by atoms with Gasteiger partial charge in [-0.2, -0.15) is 0 Å². The van der Waals surface area contributed by atoms with Gasteiger partial charge >= 0.3 is 5.97 Å². The zero-order chi connectivity index (χ0) is 20.8. The molecule has 0 fully saturated rings. The van der Waals surface area contributed by atoms with E-state index in [9.17, 15) is 14.4 Å². The number of hydrogen-bond acceptors (Lipinski definition) is 5. The van der Waals surface area contributed by atoms with Crippen LogP contribution in [0.25, 0.3) is 0 Å². The number of furan rings is 1. The Labute approximate surface area is 167 Å². The maximum Gasteiger partial charge on any atom is 0.337 e. The Morgan fingerprint density at radius 3 is 2.34 bits per heavy atom. The lowest BCUT2D eigenvalue weighted by molar-refractivity contribution is 0.0600. The zero-order valence-electron chi connectivity index (χ0n) is 16.0. The third kappa shape index (κ3) is 4.90. The molecule has 29 heavy (non-hydrogen) atoms. The van der Waals surface area contributed by atoms with Gasteiger partial charge in [-0.05, 0) is 54.4 Å². The number of carbonyl (C=O) groups is 3. The second-order valence-corrected chi connectivity index (χ2v) is 6.33. The van der Waals surface area contributed by atoms with Gasteiger partial charge in [-0.15, -0.1) is 0 Å². The molecule has 0 unspecified atom stereocenters. The van der Waals surface area contributed by atoms with Gasteiger partial charge in [0.25, 0.3) is 11.8 Å². The predicted octanol–water partition coefficient (Wildman–Crippen LogP) is 3.56. The van der Waals surface area contributed by atoms with Crippen LogP contribution in [0.2, 0.25) is 0 Å². The first-order valence-electron chi connectivity index (χ1n) is 8.89. The minimum absolute atomic E-state index is 0.189. The number of anilines is 1. The number of amides is 2. The highest BCUT2D eigenvalue weighted by atomic mass is 16.5. The van der Waals surface area contributed by atoms with Crippen LogP contribution in [0.3, 0.4) is 0 Å². The fourth-order valence-electron chi connectivity index (χ4n) is 2.65. The first-order valence-corrected chi connectivity index (χ1v) is 8.89. The number of ether oxygens (including phenoxy) is 1. The van der Waals surface area contributed by atoms with Crippen LogP contribution in [0.15, 0.2) is 65.3 Å². The summed E-state index contributed by atoms with van der Waals surface area (Å²) < 4.78 is 9.74. The summed E-state index contributed by atoms with van der Waals surface area (Å²) in [5.41, 5.74) is 3.04. The van der Waals surface area contributed by atoms with Crippen molar-refractivity contribution < 1.29 is 23.5 Å². The van der Waals surface area contributed by atoms with Crippen LogP contribution in [0.1, 0.15) is 42.4 Å². The summed E-state index contributed by atoms with van der Waals surface area (Å²) >= 11 is 0. The molecular formula is C22H20N2O5. The van der Waals surface area contributed by atoms with Crippen molar-refractivity contribution in [1.82, 2.24) is 5.32 Å². The van der Waals surface area contributed by atoms with Crippen LogP contribution < -0.4 is 10.6 Å². The summed E-state index contributed by atoms with van der Waals surface area (Å²) in [5, 5.41) is 5.57. The van der Waals surface area contributed by atoms with Crippen molar-refractivity contribution in [2.75, 3.05) is 12.4 Å². The second-order valence-electron chi connectivity index (χ2n) is 6.33. The monoisotopic (exact) mass is 392 g/mol. The van der Waals surface area contributed by atoms with Crippen molar-refractivity contribution in [1.29, 1.82) is 0 Å². The van der Waals surface area contributed by atoms with Crippen LogP contribution in [0.4, 0.5) is 5.69 Å². The number of methoxy groups -OCH3 is 1. The molecule has 0 spiro atoms. The minimum atomic E-state index is -0.413. The fourth-order valence-corrected chi connectivity index (χ4v) is 2.65. The first kappa shape index (κ1) is 19.9. The lowest BCUT2D eigenvalue weighted by Crippen LogP contribution is -2.23. The smallest absolute Gasteiger partial charge is 0.337 e. The Hall–Kier alpha value is -3.87. The van der Waals surface area contributed by atoms with Crippen LogP contribution in [0.5, 0.6) is 0 Å². The molecule has 0 saturated heterocycles. The molecule has 0 aliphatic rings. The zero-order valence-corrected chi connectivity index (χ0v) is 16.0. The molecule has 1 heterocycles. The standard InChI is InChI=1S/C22H20N2O5/c1-14-5-8-17(12-18(14)24-21(26)19-4-3-11-29-19)20(25)23-13-15-6-9-16(10-7-15)22(27)28-2/h3-12H,13H2,1-2H3,(H,23,25)(H,24,26). The van der Waals surface area contributed by atoms with E-state index in [1.54, 1.807) is 54.6 Å². The Balaban J connectivity index is 1.65. The quantitative estimate of drug-likeness (QED) is 0.625. The van der Waals surface area contributed by atoms with Crippen molar-refractivity contribution >= 4 is 23.5 Å². The highest BCUT2D eigenvalue weighted by Gasteiger charge is 2.13. The lowest BCUT2D eigenvalue weighted by Gasteiger charge is -2.11. The Morgan fingerprint density at radius 1 is 0.966 bits per heavy atom. The van der Waals surface area contributed by atoms with Crippen molar-refractivity contribution in [3.8, 4) is 0 Å². The molecule has 1 aromatic heterocycles. The fraction of sp³-hybridized carbons (Fsp3) is 0.136. The third-order valence-electron chi connectivity index (χ3n) is 4.32. The lowest BCUT2D eigenvalue weighted by atomic mass is 10.1. The normalized spacial score (nSPS) is 10.3. The van der Waals surface area contributed by atoms with Crippen molar-refractivity contribution in [3.63, 3.8) is 0 Å². The Morgan fingerprint density at radius 2 is 1.69 bits per heavy atom. The first-order chi connectivity index (χ1) is 14.0. The SMILES string of the molecule is COC(=O)c1ccc(CNC(=O)c2ccc(C)c(NC(=O)c3ccco3)c2)cc1. The van der Waals surface area contributed by atoms with Gasteiger partial charge in [-0.3, -0.25) is 9.59 Å². The average Bonchev–Trinajstić information content (AvgIpc) is 3.28. The molecule has 0 saturated carbocycles. The predicted molar refractivity (Wildman–Crippen MR) is 107 cm³/mol. The van der Waals surface area contributed by atoms with E-state index in [2.05, 4.69) is 15.4 Å². The molecule has 0 aliphatic heterocycles. The Bertz CT molecular complexity index is 1020. The summed E-state index contributed by atoms with van der Waals surface area (Å²) in [6.07, 6.45) is 1.42. The minimum Gasteiger partial charge on any atom is -0.465 e. The molecule has 0 bridgehead atoms. The average molecular weight is 392 g/mol. The molecule has 3 aromatic rings. The van der Waals surface area contributed by atoms with E-state index in [0.717, 1.165) is 11.1 Å². The number of carbonyl (C=O) groups excluding carboxylic acids is 3. The molecule has 2 amide bonds. The van der Waals surface area contributed by atoms with Gasteiger partial charge < -0.3 is 19.8 Å². The van der Waals surface area contributed by atoms with Gasteiger partial charge in [-0.1, -0.05) is 18.2 Å². The topological polar surface area (TPSA) is 97.6 Å². The van der Waals surface area contributed by atoms with Crippen molar-refractivity contribution in [2.45, 2.75) is 13.5 Å². The van der Waals surface area contributed by atoms with Crippen LogP contribution in [0, 0.1) is 6.92 Å². The highest BCUT2D eigenvalue weighted by Crippen LogP contribution is 2.18. The number of rotatable bonds is 6. The van der Waals surface area contributed by atoms with Gasteiger partial charge in [0.15, 0.2) is 5.76 Å². The molecule has 3 rings (SSSR count).